The SMILES string of the molecule is O=C(/C=C/c1ccco1)Nc1ccc(OC(F)F)c(Cl)c1. The van der Waals surface area contributed by atoms with Crippen LogP contribution in [0.25, 0.3) is 6.08 Å². The highest BCUT2D eigenvalue weighted by atomic mass is 35.5. The summed E-state index contributed by atoms with van der Waals surface area (Å²) in [6.45, 7) is -2.96. The third-order valence-corrected chi connectivity index (χ3v) is 2.65. The van der Waals surface area contributed by atoms with Gasteiger partial charge in [0.2, 0.25) is 5.91 Å². The average molecular weight is 314 g/mol. The fourth-order valence-electron chi connectivity index (χ4n) is 1.50. The molecule has 0 saturated carbocycles. The largest absolute Gasteiger partial charge is 0.465 e. The minimum absolute atomic E-state index is 0.0249. The van der Waals surface area contributed by atoms with Crippen LogP contribution in [-0.4, -0.2) is 12.5 Å². The van der Waals surface area contributed by atoms with Gasteiger partial charge in [0.05, 0.1) is 11.3 Å². The van der Waals surface area contributed by atoms with Crippen molar-refractivity contribution in [2.24, 2.45) is 0 Å². The highest BCUT2D eigenvalue weighted by Gasteiger charge is 2.09. The van der Waals surface area contributed by atoms with Gasteiger partial charge < -0.3 is 14.5 Å². The number of nitrogens with one attached hydrogen (secondary N) is 1. The number of ether oxygens (including phenoxy) is 1. The van der Waals surface area contributed by atoms with E-state index in [2.05, 4.69) is 10.1 Å². The van der Waals surface area contributed by atoms with Crippen molar-refractivity contribution in [3.8, 4) is 5.75 Å². The zero-order valence-corrected chi connectivity index (χ0v) is 11.3. The molecule has 7 heteroatoms. The fourth-order valence-corrected chi connectivity index (χ4v) is 1.72. The summed E-state index contributed by atoms with van der Waals surface area (Å²) in [5, 5.41) is 2.51. The standard InChI is InChI=1S/C14H10ClF2NO3/c15-11-8-9(3-5-12(11)21-14(16)17)18-13(19)6-4-10-2-1-7-20-10/h1-8,14H,(H,18,19)/b6-4+. The second kappa shape index (κ2) is 6.90. The summed E-state index contributed by atoms with van der Waals surface area (Å²) in [5.41, 5.74) is 0.357. The van der Waals surface area contributed by atoms with Crippen LogP contribution in [0.15, 0.2) is 47.1 Å². The van der Waals surface area contributed by atoms with Crippen molar-refractivity contribution >= 4 is 29.3 Å². The Morgan fingerprint density at radius 1 is 1.38 bits per heavy atom. The van der Waals surface area contributed by atoms with Gasteiger partial charge in [-0.15, -0.1) is 0 Å². The number of halogens is 3. The van der Waals surface area contributed by atoms with Gasteiger partial charge in [-0.1, -0.05) is 11.6 Å². The second-order valence-corrected chi connectivity index (χ2v) is 4.27. The quantitative estimate of drug-likeness (QED) is 0.842. The molecule has 110 valence electrons. The van der Waals surface area contributed by atoms with Crippen LogP contribution in [0.4, 0.5) is 14.5 Å². The Morgan fingerprint density at radius 3 is 2.81 bits per heavy atom. The monoisotopic (exact) mass is 313 g/mol. The molecule has 0 atom stereocenters. The molecule has 0 radical (unpaired) electrons. The molecular formula is C14H10ClF2NO3. The van der Waals surface area contributed by atoms with Crippen molar-refractivity contribution in [2.45, 2.75) is 6.61 Å². The topological polar surface area (TPSA) is 51.5 Å². The molecule has 1 amide bonds. The van der Waals surface area contributed by atoms with E-state index in [9.17, 15) is 13.6 Å². The van der Waals surface area contributed by atoms with E-state index in [4.69, 9.17) is 16.0 Å². The van der Waals surface area contributed by atoms with Gasteiger partial charge in [0.1, 0.15) is 11.5 Å². The number of carbonyl (C=O) groups excluding carboxylic acids is 1. The second-order valence-electron chi connectivity index (χ2n) is 3.86. The lowest BCUT2D eigenvalue weighted by Crippen LogP contribution is -2.08. The van der Waals surface area contributed by atoms with E-state index in [0.29, 0.717) is 11.4 Å². The van der Waals surface area contributed by atoms with Crippen LogP contribution in [0, 0.1) is 0 Å². The van der Waals surface area contributed by atoms with Crippen LogP contribution < -0.4 is 10.1 Å². The number of hydrogen-bond acceptors (Lipinski definition) is 3. The maximum absolute atomic E-state index is 12.1. The van der Waals surface area contributed by atoms with Crippen LogP contribution in [0.2, 0.25) is 5.02 Å². The summed E-state index contributed by atoms with van der Waals surface area (Å²) < 4.78 is 33.4. The molecule has 0 unspecified atom stereocenters. The van der Waals surface area contributed by atoms with Gasteiger partial charge >= 0.3 is 6.61 Å². The number of hydrogen-bond donors (Lipinski definition) is 1. The predicted octanol–water partition coefficient (Wildman–Crippen LogP) is 4.19. The van der Waals surface area contributed by atoms with Gasteiger partial charge in [-0.2, -0.15) is 8.78 Å². The molecule has 0 aliphatic carbocycles. The van der Waals surface area contributed by atoms with Gasteiger partial charge in [0.25, 0.3) is 0 Å². The van der Waals surface area contributed by atoms with E-state index in [-0.39, 0.29) is 10.8 Å². The molecule has 0 fully saturated rings. The molecule has 4 nitrogen and oxygen atoms in total. The molecule has 0 aliphatic rings. The van der Waals surface area contributed by atoms with Gasteiger partial charge in [-0.25, -0.2) is 0 Å². The van der Waals surface area contributed by atoms with E-state index < -0.39 is 12.5 Å². The highest BCUT2D eigenvalue weighted by molar-refractivity contribution is 6.32. The minimum Gasteiger partial charge on any atom is -0.465 e. The molecule has 21 heavy (non-hydrogen) atoms. The summed E-state index contributed by atoms with van der Waals surface area (Å²) in [5.74, 6) is -0.0374. The fraction of sp³-hybridized carbons (Fsp3) is 0.0714. The molecule has 0 spiro atoms. The summed E-state index contributed by atoms with van der Waals surface area (Å²) in [6, 6.07) is 7.36. The Kier molecular flexibility index (Phi) is 4.94. The molecule has 0 aliphatic heterocycles. The van der Waals surface area contributed by atoms with Crippen LogP contribution in [0.3, 0.4) is 0 Å². The van der Waals surface area contributed by atoms with Crippen LogP contribution in [0.5, 0.6) is 5.75 Å². The minimum atomic E-state index is -2.96. The predicted molar refractivity (Wildman–Crippen MR) is 74.5 cm³/mol. The maximum Gasteiger partial charge on any atom is 0.387 e. The highest BCUT2D eigenvalue weighted by Crippen LogP contribution is 2.28. The van der Waals surface area contributed by atoms with Crippen LogP contribution >= 0.6 is 11.6 Å². The summed E-state index contributed by atoms with van der Waals surface area (Å²) >= 11 is 5.77. The number of anilines is 1. The molecule has 1 N–H and O–H groups in total. The maximum atomic E-state index is 12.1. The van der Waals surface area contributed by atoms with E-state index in [1.54, 1.807) is 12.1 Å². The van der Waals surface area contributed by atoms with Crippen LogP contribution in [0.1, 0.15) is 5.76 Å². The Hall–Kier alpha value is -2.34. The summed E-state index contributed by atoms with van der Waals surface area (Å²) in [6.07, 6.45) is 4.25. The van der Waals surface area contributed by atoms with Crippen molar-refractivity contribution in [1.82, 2.24) is 0 Å². The molecule has 0 bridgehead atoms. The molecule has 1 aromatic heterocycles. The lowest BCUT2D eigenvalue weighted by Gasteiger charge is -2.08. The molecule has 2 rings (SSSR count). The molecule has 1 aromatic carbocycles. The van der Waals surface area contributed by atoms with Crippen molar-refractivity contribution in [2.75, 3.05) is 5.32 Å². The Balaban J connectivity index is 1.99. The Labute approximate surface area is 124 Å². The van der Waals surface area contributed by atoms with E-state index in [1.165, 1.54) is 36.6 Å². The first-order valence-electron chi connectivity index (χ1n) is 5.81. The van der Waals surface area contributed by atoms with E-state index in [0.717, 1.165) is 0 Å². The lowest BCUT2D eigenvalue weighted by molar-refractivity contribution is -0.111. The third-order valence-electron chi connectivity index (χ3n) is 2.36. The van der Waals surface area contributed by atoms with E-state index in [1.807, 2.05) is 0 Å². The normalized spacial score (nSPS) is 11.0. The van der Waals surface area contributed by atoms with Gasteiger partial charge in [0.15, 0.2) is 0 Å². The van der Waals surface area contributed by atoms with Crippen molar-refractivity contribution in [3.05, 3.63) is 53.5 Å². The number of carbonyl (C=O) groups is 1. The van der Waals surface area contributed by atoms with Crippen molar-refractivity contribution in [1.29, 1.82) is 0 Å². The number of furan rings is 1. The van der Waals surface area contributed by atoms with E-state index >= 15 is 0 Å². The number of benzene rings is 1. The zero-order chi connectivity index (χ0) is 15.2. The van der Waals surface area contributed by atoms with Gasteiger partial charge in [0, 0.05) is 11.8 Å². The first-order chi connectivity index (χ1) is 10.0. The molecule has 2 aromatic rings. The van der Waals surface area contributed by atoms with Crippen molar-refractivity contribution < 1.29 is 22.7 Å². The van der Waals surface area contributed by atoms with Crippen LogP contribution in [-0.2, 0) is 4.79 Å². The number of alkyl halides is 2. The Morgan fingerprint density at radius 2 is 2.19 bits per heavy atom. The first kappa shape index (κ1) is 15.1. The third kappa shape index (κ3) is 4.61. The lowest BCUT2D eigenvalue weighted by atomic mass is 10.3. The smallest absolute Gasteiger partial charge is 0.387 e. The molecular weight excluding hydrogens is 304 g/mol. The zero-order valence-electron chi connectivity index (χ0n) is 10.6. The Bertz CT molecular complexity index is 642. The van der Waals surface area contributed by atoms with Crippen molar-refractivity contribution in [3.63, 3.8) is 0 Å². The first-order valence-corrected chi connectivity index (χ1v) is 6.19. The molecule has 1 heterocycles. The summed E-state index contributed by atoms with van der Waals surface area (Å²) in [7, 11) is 0. The van der Waals surface area contributed by atoms with Gasteiger partial charge in [-0.3, -0.25) is 4.79 Å². The average Bonchev–Trinajstić information content (AvgIpc) is 2.92. The molecule has 0 saturated heterocycles. The summed E-state index contributed by atoms with van der Waals surface area (Å²) in [4.78, 5) is 11.6. The van der Waals surface area contributed by atoms with Gasteiger partial charge in [-0.05, 0) is 36.4 Å². The number of amides is 1. The number of rotatable bonds is 5.